The van der Waals surface area contributed by atoms with E-state index in [1.165, 1.54) is 20.8 Å². The fourth-order valence-electron chi connectivity index (χ4n) is 2.55. The zero-order chi connectivity index (χ0) is 34.7. The van der Waals surface area contributed by atoms with Gasteiger partial charge in [0.25, 0.3) is 0 Å². The van der Waals surface area contributed by atoms with Gasteiger partial charge in [0, 0.05) is 0 Å². The van der Waals surface area contributed by atoms with Crippen molar-refractivity contribution in [3.8, 4) is 0 Å². The second-order valence-electron chi connectivity index (χ2n) is 11.3. The molecule has 0 fully saturated rings. The number of esters is 1. The molecule has 0 aliphatic carbocycles. The number of ketones is 3. The quantitative estimate of drug-likeness (QED) is 0.125. The first-order valence-electron chi connectivity index (χ1n) is 14.0. The van der Waals surface area contributed by atoms with Gasteiger partial charge in [0.2, 0.25) is 0 Å². The van der Waals surface area contributed by atoms with E-state index in [1.807, 2.05) is 0 Å². The molecule has 8 atom stereocenters. The lowest BCUT2D eigenvalue weighted by atomic mass is 10.00. The molecule has 13 heteroatoms. The summed E-state index contributed by atoms with van der Waals surface area (Å²) < 4.78 is 4.53. The largest absolute Gasteiger partial charge is 0.464 e. The minimum absolute atomic E-state index is 0.0844. The van der Waals surface area contributed by atoms with Crippen LogP contribution in [0.2, 0.25) is 0 Å². The van der Waals surface area contributed by atoms with E-state index >= 15 is 0 Å². The molecule has 0 aromatic rings. The summed E-state index contributed by atoms with van der Waals surface area (Å²) in [4.78, 5) is 42.3. The van der Waals surface area contributed by atoms with Crippen LogP contribution < -0.4 is 0 Å². The van der Waals surface area contributed by atoms with Crippen molar-refractivity contribution in [2.75, 3.05) is 6.61 Å². The van der Waals surface area contributed by atoms with E-state index in [4.69, 9.17) is 35.7 Å². The van der Waals surface area contributed by atoms with E-state index in [0.717, 1.165) is 0 Å². The Labute approximate surface area is 250 Å². The summed E-state index contributed by atoms with van der Waals surface area (Å²) in [6.45, 7) is 19.5. The lowest BCUT2D eigenvalue weighted by molar-refractivity contribution is -0.160. The second kappa shape index (κ2) is 24.6. The van der Waals surface area contributed by atoms with Crippen molar-refractivity contribution in [1.29, 1.82) is 0 Å². The zero-order valence-electron chi connectivity index (χ0n) is 27.3. The molecular formula is C29H58O13. The van der Waals surface area contributed by atoms with Gasteiger partial charge in [0.1, 0.15) is 18.3 Å². The number of carbonyl (C=O) groups is 4. The number of carbonyl (C=O) groups excluding carboxylic acids is 4. The Morgan fingerprint density at radius 1 is 0.452 bits per heavy atom. The first-order chi connectivity index (χ1) is 18.9. The van der Waals surface area contributed by atoms with Crippen LogP contribution in [-0.2, 0) is 23.9 Å². The van der Waals surface area contributed by atoms with Gasteiger partial charge in [-0.05, 0) is 51.4 Å². The fourth-order valence-corrected chi connectivity index (χ4v) is 2.55. The minimum atomic E-state index is -1.43. The van der Waals surface area contributed by atoms with Gasteiger partial charge in [-0.2, -0.15) is 0 Å². The van der Waals surface area contributed by atoms with Crippen LogP contribution in [0, 0.1) is 23.7 Å². The second-order valence-corrected chi connectivity index (χ2v) is 11.3. The van der Waals surface area contributed by atoms with E-state index in [2.05, 4.69) is 4.74 Å². The molecule has 0 aliphatic heterocycles. The molecule has 252 valence electrons. The first kappa shape index (κ1) is 47.1. The number of ether oxygens (including phenoxy) is 1. The maximum absolute atomic E-state index is 10.9. The van der Waals surface area contributed by atoms with Gasteiger partial charge in [0.15, 0.2) is 23.5 Å². The van der Waals surface area contributed by atoms with Crippen molar-refractivity contribution in [1.82, 2.24) is 0 Å². The van der Waals surface area contributed by atoms with Crippen LogP contribution in [0.5, 0.6) is 0 Å². The van der Waals surface area contributed by atoms with E-state index in [1.54, 1.807) is 62.3 Å². The highest BCUT2D eigenvalue weighted by molar-refractivity contribution is 5.81. The zero-order valence-corrected chi connectivity index (χ0v) is 27.3. The molecule has 13 nitrogen and oxygen atoms in total. The topological polar surface area (TPSA) is 239 Å². The molecule has 0 saturated heterocycles. The van der Waals surface area contributed by atoms with Crippen LogP contribution in [0.15, 0.2) is 0 Å². The number of aliphatic hydroxyl groups is 8. The Morgan fingerprint density at radius 3 is 0.762 bits per heavy atom. The Bertz CT molecular complexity index is 680. The molecule has 0 aromatic carbocycles. The molecule has 0 aliphatic rings. The monoisotopic (exact) mass is 614 g/mol. The summed E-state index contributed by atoms with van der Waals surface area (Å²) in [6, 6.07) is 0. The summed E-state index contributed by atoms with van der Waals surface area (Å²) >= 11 is 0. The predicted molar refractivity (Wildman–Crippen MR) is 156 cm³/mol. The van der Waals surface area contributed by atoms with Crippen LogP contribution in [0.1, 0.15) is 83.1 Å². The van der Waals surface area contributed by atoms with Crippen molar-refractivity contribution >= 4 is 23.3 Å². The Hall–Kier alpha value is -1.84. The molecule has 0 spiro atoms. The Morgan fingerprint density at radius 2 is 0.643 bits per heavy atom. The van der Waals surface area contributed by atoms with Crippen LogP contribution in [0.4, 0.5) is 0 Å². The normalized spacial score (nSPS) is 16.7. The highest BCUT2D eigenvalue weighted by Crippen LogP contribution is 2.09. The predicted octanol–water partition coefficient (Wildman–Crippen LogP) is -0.213. The van der Waals surface area contributed by atoms with Crippen LogP contribution in [-0.4, -0.2) is 120 Å². The maximum Gasteiger partial charge on any atom is 0.337 e. The van der Waals surface area contributed by atoms with Crippen LogP contribution in [0.25, 0.3) is 0 Å². The third kappa shape index (κ3) is 21.8. The summed E-state index contributed by atoms with van der Waals surface area (Å²) in [5.41, 5.74) is 0. The van der Waals surface area contributed by atoms with E-state index in [0.29, 0.717) is 0 Å². The van der Waals surface area contributed by atoms with E-state index in [-0.39, 0.29) is 47.6 Å². The fraction of sp³-hybridized carbons (Fsp3) is 0.862. The van der Waals surface area contributed by atoms with Gasteiger partial charge in [-0.1, -0.05) is 55.4 Å². The molecule has 0 bridgehead atoms. The number of aliphatic hydroxyl groups excluding tert-OH is 8. The number of hydrogen-bond acceptors (Lipinski definition) is 13. The number of Topliss-reactive ketones (excluding diaryl/α,β-unsaturated/α-hetero) is 3. The average molecular weight is 615 g/mol. The highest BCUT2D eigenvalue weighted by atomic mass is 16.5. The molecule has 0 unspecified atom stereocenters. The molecule has 42 heavy (non-hydrogen) atoms. The third-order valence-corrected chi connectivity index (χ3v) is 5.80. The van der Waals surface area contributed by atoms with Gasteiger partial charge in [-0.15, -0.1) is 0 Å². The summed E-state index contributed by atoms with van der Waals surface area (Å²) in [7, 11) is 0. The van der Waals surface area contributed by atoms with Gasteiger partial charge >= 0.3 is 5.97 Å². The van der Waals surface area contributed by atoms with Crippen molar-refractivity contribution in [3.63, 3.8) is 0 Å². The van der Waals surface area contributed by atoms with Gasteiger partial charge in [-0.25, -0.2) is 4.79 Å². The highest BCUT2D eigenvalue weighted by Gasteiger charge is 2.28. The van der Waals surface area contributed by atoms with E-state index < -0.39 is 54.8 Å². The van der Waals surface area contributed by atoms with Gasteiger partial charge in [-0.3, -0.25) is 14.4 Å². The lowest BCUT2D eigenvalue weighted by Crippen LogP contribution is -2.38. The number of hydrogen-bond donors (Lipinski definition) is 8. The van der Waals surface area contributed by atoms with Crippen molar-refractivity contribution in [2.45, 2.75) is 132 Å². The molecule has 0 heterocycles. The number of rotatable bonds is 13. The van der Waals surface area contributed by atoms with Gasteiger partial charge in [0.05, 0.1) is 31.0 Å². The first-order valence-corrected chi connectivity index (χ1v) is 14.0. The van der Waals surface area contributed by atoms with Gasteiger partial charge < -0.3 is 45.6 Å². The smallest absolute Gasteiger partial charge is 0.337 e. The maximum atomic E-state index is 10.9. The minimum Gasteiger partial charge on any atom is -0.464 e. The summed E-state index contributed by atoms with van der Waals surface area (Å²) in [5, 5.41) is 72.6. The third-order valence-electron chi connectivity index (χ3n) is 5.80. The molecule has 0 amide bonds. The molecule has 8 N–H and O–H groups in total. The lowest BCUT2D eigenvalue weighted by Gasteiger charge is -2.18. The Balaban J connectivity index is -0.000000230. The Kier molecular flexibility index (Phi) is 27.6. The molecule has 0 radical (unpaired) electrons. The van der Waals surface area contributed by atoms with E-state index in [9.17, 15) is 24.3 Å². The van der Waals surface area contributed by atoms with Crippen LogP contribution >= 0.6 is 0 Å². The molecular weight excluding hydrogens is 556 g/mol. The summed E-state index contributed by atoms with van der Waals surface area (Å²) in [5.74, 6) is -2.34. The van der Waals surface area contributed by atoms with Crippen molar-refractivity contribution in [2.24, 2.45) is 23.7 Å². The summed E-state index contributed by atoms with van der Waals surface area (Å²) in [6.07, 6.45) is -8.94. The van der Waals surface area contributed by atoms with Crippen molar-refractivity contribution < 1.29 is 64.8 Å². The van der Waals surface area contributed by atoms with Crippen molar-refractivity contribution in [3.05, 3.63) is 0 Å². The van der Waals surface area contributed by atoms with Crippen LogP contribution in [0.3, 0.4) is 0 Å². The molecule has 0 saturated carbocycles. The molecule has 0 rings (SSSR count). The molecule has 0 aromatic heterocycles. The SMILES string of the molecule is CC(=O)[C@@H](O)[C@@H](O)C(C)C.CC(=O)[C@H](O)[C@H](O)C(C)C.CC(=O)[C@H](O)[C@H](O)C(C)C.CCOC(=O)[C@@H](O)[C@@H](O)C(C)C. The standard InChI is InChI=1S/C8H16O4.3C7H14O3/c1-4-12-8(11)7(10)6(9)5(2)3;3*1-4(2)6(9)7(10)5(3)8/h5-7,9-10H,4H2,1-3H3;3*4,6-7,9-10H,1-3H3/t6-,7-;3*6-,7+/m0110/s1. The average Bonchev–Trinajstić information content (AvgIpc) is 2.90.